The number of rotatable bonds is 5. The molecule has 6 heteroatoms. The third-order valence-electron chi connectivity index (χ3n) is 7.19. The number of anilines is 2. The Hall–Kier alpha value is -2.37. The van der Waals surface area contributed by atoms with Crippen molar-refractivity contribution in [1.29, 1.82) is 0 Å². The van der Waals surface area contributed by atoms with Gasteiger partial charge in [0, 0.05) is 36.8 Å². The molecule has 156 valence electrons. The molecule has 29 heavy (non-hydrogen) atoms. The molecule has 1 atom stereocenters. The van der Waals surface area contributed by atoms with Crippen molar-refractivity contribution in [1.82, 2.24) is 5.32 Å². The zero-order valence-electron chi connectivity index (χ0n) is 17.5. The Balaban J connectivity index is 1.53. The average Bonchev–Trinajstić information content (AvgIpc) is 2.59. The minimum atomic E-state index is -0.224. The lowest BCUT2D eigenvalue weighted by molar-refractivity contribution is -0.115. The predicted octanol–water partition coefficient (Wildman–Crippen LogP) is 3.94. The number of amides is 3. The van der Waals surface area contributed by atoms with Crippen LogP contribution >= 0.6 is 0 Å². The van der Waals surface area contributed by atoms with E-state index in [-0.39, 0.29) is 29.2 Å². The summed E-state index contributed by atoms with van der Waals surface area (Å²) >= 11 is 0. The van der Waals surface area contributed by atoms with E-state index >= 15 is 0 Å². The number of carbonyl (C=O) groups excluding carboxylic acids is 3. The van der Waals surface area contributed by atoms with E-state index in [1.165, 1.54) is 52.4 Å². The van der Waals surface area contributed by atoms with Gasteiger partial charge in [-0.3, -0.25) is 14.4 Å². The molecule has 0 aliphatic heterocycles. The molecule has 1 aromatic rings. The molecule has 0 unspecified atom stereocenters. The van der Waals surface area contributed by atoms with Gasteiger partial charge >= 0.3 is 0 Å². The van der Waals surface area contributed by atoms with Crippen molar-refractivity contribution in [3.8, 4) is 0 Å². The van der Waals surface area contributed by atoms with Gasteiger partial charge in [-0.25, -0.2) is 0 Å². The quantitative estimate of drug-likeness (QED) is 0.703. The second-order valence-corrected chi connectivity index (χ2v) is 9.64. The van der Waals surface area contributed by atoms with Crippen molar-refractivity contribution in [2.75, 3.05) is 10.6 Å². The van der Waals surface area contributed by atoms with Crippen LogP contribution < -0.4 is 16.0 Å². The molecule has 4 saturated carbocycles. The molecular formula is C23H31N3O3. The van der Waals surface area contributed by atoms with E-state index in [4.69, 9.17) is 0 Å². The zero-order valence-corrected chi connectivity index (χ0v) is 17.5. The maximum Gasteiger partial charge on any atom is 0.251 e. The standard InChI is InChI=1S/C23H31N3O3/c1-13(23-10-16-4-17(11-23)6-18(5-16)12-23)24-22(29)19-7-20(25-14(2)27)9-21(8-19)26-15(3)28/h7-9,13,16-18H,4-6,10-12H2,1-3H3,(H,24,29)(H,25,27)(H,26,28)/t13-,16?,17?,18?,23?/m0/s1. The van der Waals surface area contributed by atoms with Gasteiger partial charge in [-0.15, -0.1) is 0 Å². The minimum absolute atomic E-state index is 0.108. The van der Waals surface area contributed by atoms with Crippen molar-refractivity contribution in [2.24, 2.45) is 23.2 Å². The topological polar surface area (TPSA) is 87.3 Å². The van der Waals surface area contributed by atoms with Crippen molar-refractivity contribution in [3.63, 3.8) is 0 Å². The molecule has 6 nitrogen and oxygen atoms in total. The van der Waals surface area contributed by atoms with Crippen LogP contribution in [0.2, 0.25) is 0 Å². The van der Waals surface area contributed by atoms with Crippen LogP contribution in [-0.2, 0) is 9.59 Å². The third kappa shape index (κ3) is 4.16. The fraction of sp³-hybridized carbons (Fsp3) is 0.609. The van der Waals surface area contributed by atoms with Crippen LogP contribution in [0.3, 0.4) is 0 Å². The van der Waals surface area contributed by atoms with E-state index in [0.29, 0.717) is 16.9 Å². The Morgan fingerprint density at radius 1 is 0.862 bits per heavy atom. The van der Waals surface area contributed by atoms with E-state index < -0.39 is 0 Å². The van der Waals surface area contributed by atoms with Gasteiger partial charge in [0.2, 0.25) is 11.8 Å². The Kier molecular flexibility index (Phi) is 5.13. The minimum Gasteiger partial charge on any atom is -0.349 e. The maximum atomic E-state index is 13.1. The first-order valence-electron chi connectivity index (χ1n) is 10.7. The van der Waals surface area contributed by atoms with Crippen LogP contribution in [-0.4, -0.2) is 23.8 Å². The molecule has 0 aromatic heterocycles. The van der Waals surface area contributed by atoms with Crippen molar-refractivity contribution >= 4 is 29.1 Å². The zero-order chi connectivity index (χ0) is 20.8. The first-order chi connectivity index (χ1) is 13.7. The highest BCUT2D eigenvalue weighted by molar-refractivity contribution is 6.00. The smallest absolute Gasteiger partial charge is 0.251 e. The van der Waals surface area contributed by atoms with E-state index in [0.717, 1.165) is 17.8 Å². The lowest BCUT2D eigenvalue weighted by atomic mass is 9.48. The largest absolute Gasteiger partial charge is 0.349 e. The van der Waals surface area contributed by atoms with Crippen LogP contribution in [0.25, 0.3) is 0 Å². The number of benzene rings is 1. The van der Waals surface area contributed by atoms with Gasteiger partial charge in [0.1, 0.15) is 0 Å². The van der Waals surface area contributed by atoms with Gasteiger partial charge < -0.3 is 16.0 Å². The summed E-state index contributed by atoms with van der Waals surface area (Å²) in [5.74, 6) is 1.88. The van der Waals surface area contributed by atoms with Gasteiger partial charge in [0.15, 0.2) is 0 Å². The number of nitrogens with one attached hydrogen (secondary N) is 3. The highest BCUT2D eigenvalue weighted by Gasteiger charge is 2.53. The molecule has 0 heterocycles. The second kappa shape index (κ2) is 7.47. The Bertz CT molecular complexity index is 778. The second-order valence-electron chi connectivity index (χ2n) is 9.64. The first-order valence-corrected chi connectivity index (χ1v) is 10.7. The van der Waals surface area contributed by atoms with Crippen LogP contribution in [0.15, 0.2) is 18.2 Å². The summed E-state index contributed by atoms with van der Waals surface area (Å²) in [4.78, 5) is 36.0. The lowest BCUT2D eigenvalue weighted by Crippen LogP contribution is -2.55. The first kappa shape index (κ1) is 19.9. The van der Waals surface area contributed by atoms with E-state index in [2.05, 4.69) is 22.9 Å². The molecule has 4 bridgehead atoms. The maximum absolute atomic E-state index is 13.1. The average molecular weight is 398 g/mol. The summed E-state index contributed by atoms with van der Waals surface area (Å²) in [6, 6.07) is 5.09. The molecular weight excluding hydrogens is 366 g/mol. The molecule has 4 fully saturated rings. The molecule has 1 aromatic carbocycles. The van der Waals surface area contributed by atoms with Gasteiger partial charge in [0.05, 0.1) is 0 Å². The fourth-order valence-electron chi connectivity index (χ4n) is 6.45. The summed E-state index contributed by atoms with van der Waals surface area (Å²) in [5.41, 5.74) is 1.66. The Labute approximate surface area is 172 Å². The summed E-state index contributed by atoms with van der Waals surface area (Å²) in [6.45, 7) is 4.98. The van der Waals surface area contributed by atoms with E-state index in [1.54, 1.807) is 18.2 Å². The normalized spacial score (nSPS) is 30.5. The summed E-state index contributed by atoms with van der Waals surface area (Å²) in [6.07, 6.45) is 7.80. The summed E-state index contributed by atoms with van der Waals surface area (Å²) in [7, 11) is 0. The monoisotopic (exact) mass is 397 g/mol. The van der Waals surface area contributed by atoms with Crippen LogP contribution in [0, 0.1) is 23.2 Å². The molecule has 5 rings (SSSR count). The number of hydrogen-bond donors (Lipinski definition) is 3. The Morgan fingerprint density at radius 3 is 1.72 bits per heavy atom. The highest BCUT2D eigenvalue weighted by Crippen LogP contribution is 2.61. The molecule has 0 spiro atoms. The van der Waals surface area contributed by atoms with Gasteiger partial charge in [0.25, 0.3) is 5.91 Å². The van der Waals surface area contributed by atoms with Crippen molar-refractivity contribution in [3.05, 3.63) is 23.8 Å². The highest BCUT2D eigenvalue weighted by atomic mass is 16.2. The molecule has 0 saturated heterocycles. The van der Waals surface area contributed by atoms with E-state index in [9.17, 15) is 14.4 Å². The number of hydrogen-bond acceptors (Lipinski definition) is 3. The molecule has 3 N–H and O–H groups in total. The van der Waals surface area contributed by atoms with Crippen LogP contribution in [0.1, 0.15) is 69.7 Å². The van der Waals surface area contributed by atoms with Gasteiger partial charge in [-0.2, -0.15) is 0 Å². The number of carbonyl (C=O) groups is 3. The Morgan fingerprint density at radius 2 is 1.31 bits per heavy atom. The summed E-state index contributed by atoms with van der Waals surface area (Å²) in [5, 5.41) is 8.66. The lowest BCUT2D eigenvalue weighted by Gasteiger charge is -2.59. The van der Waals surface area contributed by atoms with Crippen LogP contribution in [0.4, 0.5) is 11.4 Å². The SMILES string of the molecule is CC(=O)Nc1cc(NC(C)=O)cc(C(=O)N[C@@H](C)C23CC4CC(CC(C4)C2)C3)c1. The molecule has 4 aliphatic rings. The fourth-order valence-corrected chi connectivity index (χ4v) is 6.45. The predicted molar refractivity (Wildman–Crippen MR) is 113 cm³/mol. The van der Waals surface area contributed by atoms with Gasteiger partial charge in [-0.05, 0) is 86.8 Å². The third-order valence-corrected chi connectivity index (χ3v) is 7.19. The molecule has 3 amide bonds. The molecule has 4 aliphatic carbocycles. The van der Waals surface area contributed by atoms with Gasteiger partial charge in [-0.1, -0.05) is 0 Å². The van der Waals surface area contributed by atoms with Crippen LogP contribution in [0.5, 0.6) is 0 Å². The van der Waals surface area contributed by atoms with E-state index in [1.807, 2.05) is 0 Å². The summed E-state index contributed by atoms with van der Waals surface area (Å²) < 4.78 is 0. The molecule has 0 radical (unpaired) electrons. The van der Waals surface area contributed by atoms with Crippen molar-refractivity contribution < 1.29 is 14.4 Å². The van der Waals surface area contributed by atoms with Crippen molar-refractivity contribution in [2.45, 2.75) is 65.3 Å².